The van der Waals surface area contributed by atoms with E-state index in [2.05, 4.69) is 33.5 Å². The third-order valence-electron chi connectivity index (χ3n) is 2.77. The normalized spacial score (nSPS) is 11.6. The van der Waals surface area contributed by atoms with Crippen LogP contribution in [0.5, 0.6) is 0 Å². The number of hydrogen-bond donors (Lipinski definition) is 3. The second-order valence-electron chi connectivity index (χ2n) is 4.68. The Balaban J connectivity index is 0.00000180. The summed E-state index contributed by atoms with van der Waals surface area (Å²) in [7, 11) is 0. The van der Waals surface area contributed by atoms with E-state index >= 15 is 0 Å². The minimum Gasteiger partial charge on any atom is -0.370 e. The fourth-order valence-electron chi connectivity index (χ4n) is 1.98. The van der Waals surface area contributed by atoms with E-state index in [-0.39, 0.29) is 24.0 Å². The van der Waals surface area contributed by atoms with Gasteiger partial charge in [0, 0.05) is 29.7 Å². The molecular weight excluding hydrogens is 351 g/mol. The van der Waals surface area contributed by atoms with E-state index in [1.54, 1.807) is 0 Å². The van der Waals surface area contributed by atoms with Crippen LogP contribution in [0.15, 0.2) is 35.5 Å². The van der Waals surface area contributed by atoms with Crippen molar-refractivity contribution in [3.63, 3.8) is 0 Å². The SMILES string of the molecule is CC(C)NC(N)=NCCc1c[nH]c2ccccc12.I. The molecule has 1 heterocycles. The third kappa shape index (κ3) is 4.41. The molecule has 0 saturated carbocycles. The average Bonchev–Trinajstić information content (AvgIpc) is 2.72. The molecule has 0 bridgehead atoms. The van der Waals surface area contributed by atoms with E-state index in [0.717, 1.165) is 6.42 Å². The number of fused-ring (bicyclic) bond motifs is 1. The van der Waals surface area contributed by atoms with Gasteiger partial charge in [0.2, 0.25) is 0 Å². The topological polar surface area (TPSA) is 66.2 Å². The van der Waals surface area contributed by atoms with Gasteiger partial charge in [-0.2, -0.15) is 0 Å². The number of nitrogens with one attached hydrogen (secondary N) is 2. The molecule has 0 saturated heterocycles. The Morgan fingerprint density at radius 1 is 1.37 bits per heavy atom. The van der Waals surface area contributed by atoms with Crippen LogP contribution in [-0.4, -0.2) is 23.5 Å². The summed E-state index contributed by atoms with van der Waals surface area (Å²) in [6.45, 7) is 4.79. The van der Waals surface area contributed by atoms with Crippen molar-refractivity contribution in [1.29, 1.82) is 0 Å². The van der Waals surface area contributed by atoms with E-state index in [1.807, 2.05) is 26.1 Å². The van der Waals surface area contributed by atoms with Crippen molar-refractivity contribution in [1.82, 2.24) is 10.3 Å². The lowest BCUT2D eigenvalue weighted by molar-refractivity contribution is 0.723. The Kier molecular flexibility index (Phi) is 6.14. The highest BCUT2D eigenvalue weighted by atomic mass is 127. The standard InChI is InChI=1S/C14H20N4.HI/c1-10(2)18-14(15)16-8-7-11-9-17-13-6-4-3-5-12(11)13;/h3-6,9-10,17H,7-8H2,1-2H3,(H3,15,16,18);1H. The number of para-hydroxylation sites is 1. The van der Waals surface area contributed by atoms with Gasteiger partial charge in [-0.25, -0.2) is 0 Å². The maximum absolute atomic E-state index is 5.76. The largest absolute Gasteiger partial charge is 0.370 e. The summed E-state index contributed by atoms with van der Waals surface area (Å²) >= 11 is 0. The number of halogens is 1. The van der Waals surface area contributed by atoms with Crippen molar-refractivity contribution >= 4 is 40.8 Å². The number of nitrogens with zero attached hydrogens (tertiary/aromatic N) is 1. The molecule has 2 aromatic rings. The number of benzene rings is 1. The Bertz CT molecular complexity index is 545. The summed E-state index contributed by atoms with van der Waals surface area (Å²) in [6.07, 6.45) is 2.94. The van der Waals surface area contributed by atoms with E-state index in [1.165, 1.54) is 16.5 Å². The summed E-state index contributed by atoms with van der Waals surface area (Å²) in [5.74, 6) is 0.518. The van der Waals surface area contributed by atoms with Crippen molar-refractivity contribution in [2.75, 3.05) is 6.54 Å². The zero-order valence-corrected chi connectivity index (χ0v) is 13.6. The number of guanidine groups is 1. The van der Waals surface area contributed by atoms with Crippen molar-refractivity contribution in [2.45, 2.75) is 26.3 Å². The molecule has 5 heteroatoms. The van der Waals surface area contributed by atoms with E-state index in [0.29, 0.717) is 18.5 Å². The summed E-state index contributed by atoms with van der Waals surface area (Å²) in [5, 5.41) is 4.35. The second kappa shape index (κ2) is 7.37. The molecule has 0 aliphatic heterocycles. The van der Waals surface area contributed by atoms with Crippen molar-refractivity contribution in [3.8, 4) is 0 Å². The van der Waals surface area contributed by atoms with Gasteiger partial charge in [0.1, 0.15) is 0 Å². The molecule has 1 aromatic heterocycles. The highest BCUT2D eigenvalue weighted by Gasteiger charge is 2.02. The highest BCUT2D eigenvalue weighted by molar-refractivity contribution is 14.0. The van der Waals surface area contributed by atoms with Gasteiger partial charge in [-0.1, -0.05) is 18.2 Å². The zero-order chi connectivity index (χ0) is 13.0. The molecule has 4 nitrogen and oxygen atoms in total. The van der Waals surface area contributed by atoms with Gasteiger partial charge in [-0.15, -0.1) is 24.0 Å². The molecule has 1 aromatic carbocycles. The molecule has 0 unspecified atom stereocenters. The maximum atomic E-state index is 5.76. The third-order valence-corrected chi connectivity index (χ3v) is 2.77. The first-order valence-electron chi connectivity index (χ1n) is 6.28. The Morgan fingerprint density at radius 3 is 2.84 bits per heavy atom. The molecule has 0 aliphatic rings. The van der Waals surface area contributed by atoms with Gasteiger partial charge in [0.15, 0.2) is 5.96 Å². The van der Waals surface area contributed by atoms with Crippen molar-refractivity contribution < 1.29 is 0 Å². The fourth-order valence-corrected chi connectivity index (χ4v) is 1.98. The van der Waals surface area contributed by atoms with Crippen molar-refractivity contribution in [2.24, 2.45) is 10.7 Å². The first-order valence-corrected chi connectivity index (χ1v) is 6.28. The number of rotatable bonds is 4. The minimum absolute atomic E-state index is 0. The van der Waals surface area contributed by atoms with Gasteiger partial charge >= 0.3 is 0 Å². The van der Waals surface area contributed by atoms with E-state index in [4.69, 9.17) is 5.73 Å². The first kappa shape index (κ1) is 15.8. The fraction of sp³-hybridized carbons (Fsp3) is 0.357. The van der Waals surface area contributed by atoms with E-state index in [9.17, 15) is 0 Å². The zero-order valence-electron chi connectivity index (χ0n) is 11.3. The van der Waals surface area contributed by atoms with Crippen LogP contribution in [0.3, 0.4) is 0 Å². The lowest BCUT2D eigenvalue weighted by Gasteiger charge is -2.08. The van der Waals surface area contributed by atoms with Crippen LogP contribution in [-0.2, 0) is 6.42 Å². The second-order valence-corrected chi connectivity index (χ2v) is 4.68. The molecule has 2 rings (SSSR count). The summed E-state index contributed by atoms with van der Waals surface area (Å²) < 4.78 is 0. The average molecular weight is 372 g/mol. The van der Waals surface area contributed by atoms with Crippen LogP contribution in [0.2, 0.25) is 0 Å². The Morgan fingerprint density at radius 2 is 2.11 bits per heavy atom. The number of H-pyrrole nitrogens is 1. The van der Waals surface area contributed by atoms with Gasteiger partial charge in [-0.05, 0) is 31.9 Å². The molecule has 104 valence electrons. The van der Waals surface area contributed by atoms with Crippen LogP contribution in [0, 0.1) is 0 Å². The van der Waals surface area contributed by atoms with Crippen LogP contribution >= 0.6 is 24.0 Å². The molecule has 0 spiro atoms. The number of aliphatic imine (C=N–C) groups is 1. The highest BCUT2D eigenvalue weighted by Crippen LogP contribution is 2.17. The predicted molar refractivity (Wildman–Crippen MR) is 92.2 cm³/mol. The van der Waals surface area contributed by atoms with Gasteiger partial charge < -0.3 is 16.0 Å². The summed E-state index contributed by atoms with van der Waals surface area (Å²) in [5.41, 5.74) is 8.21. The number of aromatic amines is 1. The predicted octanol–water partition coefficient (Wildman–Crippen LogP) is 2.64. The van der Waals surface area contributed by atoms with Gasteiger partial charge in [0.25, 0.3) is 0 Å². The first-order chi connectivity index (χ1) is 8.66. The molecule has 0 aliphatic carbocycles. The number of aromatic nitrogens is 1. The minimum atomic E-state index is 0. The molecule has 0 fully saturated rings. The van der Waals surface area contributed by atoms with Crippen molar-refractivity contribution in [3.05, 3.63) is 36.0 Å². The quantitative estimate of drug-likeness (QED) is 0.439. The lowest BCUT2D eigenvalue weighted by Crippen LogP contribution is -2.36. The molecule has 0 amide bonds. The molecular formula is C14H21IN4. The van der Waals surface area contributed by atoms with Crippen LogP contribution in [0.1, 0.15) is 19.4 Å². The van der Waals surface area contributed by atoms with Crippen LogP contribution < -0.4 is 11.1 Å². The molecule has 19 heavy (non-hydrogen) atoms. The van der Waals surface area contributed by atoms with Crippen LogP contribution in [0.4, 0.5) is 0 Å². The van der Waals surface area contributed by atoms with Gasteiger partial charge in [-0.3, -0.25) is 4.99 Å². The Hall–Kier alpha value is -1.24. The number of hydrogen-bond acceptors (Lipinski definition) is 1. The van der Waals surface area contributed by atoms with Gasteiger partial charge in [0.05, 0.1) is 0 Å². The molecule has 0 radical (unpaired) electrons. The molecule has 4 N–H and O–H groups in total. The summed E-state index contributed by atoms with van der Waals surface area (Å²) in [6, 6.07) is 8.61. The number of nitrogens with two attached hydrogens (primary N) is 1. The smallest absolute Gasteiger partial charge is 0.188 e. The molecule has 0 atom stereocenters. The maximum Gasteiger partial charge on any atom is 0.188 e. The lowest BCUT2D eigenvalue weighted by atomic mass is 10.1. The van der Waals surface area contributed by atoms with E-state index < -0.39 is 0 Å². The monoisotopic (exact) mass is 372 g/mol. The Labute approximate surface area is 130 Å². The summed E-state index contributed by atoms with van der Waals surface area (Å²) in [4.78, 5) is 7.58. The van der Waals surface area contributed by atoms with Crippen LogP contribution in [0.25, 0.3) is 10.9 Å².